The van der Waals surface area contributed by atoms with E-state index >= 15 is 0 Å². The zero-order valence-corrected chi connectivity index (χ0v) is 10.1. The van der Waals surface area contributed by atoms with Crippen LogP contribution in [0.2, 0.25) is 0 Å². The highest BCUT2D eigenvalue weighted by atomic mass is 14.8. The van der Waals surface area contributed by atoms with E-state index in [4.69, 9.17) is 0 Å². The van der Waals surface area contributed by atoms with Gasteiger partial charge in [-0.1, -0.05) is 25.2 Å². The summed E-state index contributed by atoms with van der Waals surface area (Å²) in [5.74, 6) is 0.575. The Morgan fingerprint density at radius 2 is 1.94 bits per heavy atom. The molecule has 1 aliphatic heterocycles. The standard InChI is InChI=1S/C15H17N2/c1-2-14(15-7-11-17-12-8-15)4-3-13-5-9-16-10-6-13/h3,5-12,14H,2,4H2,1H3/q-1. The monoisotopic (exact) mass is 225 g/mol. The molecule has 0 saturated heterocycles. The van der Waals surface area contributed by atoms with Crippen LogP contribution in [0.15, 0.2) is 60.7 Å². The Morgan fingerprint density at radius 1 is 1.24 bits per heavy atom. The Kier molecular flexibility index (Phi) is 4.14. The zero-order valence-electron chi connectivity index (χ0n) is 10.1. The first-order chi connectivity index (χ1) is 8.40. The molecule has 17 heavy (non-hydrogen) atoms. The first-order valence-electron chi connectivity index (χ1n) is 6.03. The maximum absolute atomic E-state index is 4.06. The normalized spacial score (nSPS) is 15.5. The van der Waals surface area contributed by atoms with Gasteiger partial charge in [-0.05, 0) is 42.0 Å². The summed E-state index contributed by atoms with van der Waals surface area (Å²) in [7, 11) is 0. The van der Waals surface area contributed by atoms with E-state index in [0.717, 1.165) is 12.8 Å². The van der Waals surface area contributed by atoms with Crippen molar-refractivity contribution in [3.63, 3.8) is 0 Å². The van der Waals surface area contributed by atoms with Gasteiger partial charge in [-0.3, -0.25) is 4.98 Å². The van der Waals surface area contributed by atoms with E-state index in [1.807, 2.05) is 36.9 Å². The second-order valence-corrected chi connectivity index (χ2v) is 4.11. The van der Waals surface area contributed by atoms with Crippen LogP contribution < -0.4 is 0 Å². The molecule has 0 fully saturated rings. The van der Waals surface area contributed by atoms with Gasteiger partial charge >= 0.3 is 0 Å². The number of hydrogen-bond acceptors (Lipinski definition) is 1. The van der Waals surface area contributed by atoms with E-state index in [1.54, 1.807) is 0 Å². The van der Waals surface area contributed by atoms with Crippen molar-refractivity contribution >= 4 is 0 Å². The fraction of sp³-hybridized carbons (Fsp3) is 0.267. The van der Waals surface area contributed by atoms with Crippen LogP contribution in [0.3, 0.4) is 0 Å². The van der Waals surface area contributed by atoms with Crippen molar-refractivity contribution < 1.29 is 0 Å². The number of aromatic nitrogens is 1. The molecular formula is C15H17N2-. The van der Waals surface area contributed by atoms with E-state index in [9.17, 15) is 0 Å². The lowest BCUT2D eigenvalue weighted by Crippen LogP contribution is -1.96. The topological polar surface area (TPSA) is 27.0 Å². The van der Waals surface area contributed by atoms with Crippen molar-refractivity contribution in [2.45, 2.75) is 25.7 Å². The van der Waals surface area contributed by atoms with Gasteiger partial charge in [-0.15, -0.1) is 0 Å². The fourth-order valence-electron chi connectivity index (χ4n) is 1.95. The number of pyridine rings is 1. The van der Waals surface area contributed by atoms with Crippen molar-refractivity contribution in [3.05, 3.63) is 71.6 Å². The Labute approximate surface area is 103 Å². The van der Waals surface area contributed by atoms with Crippen LogP contribution >= 0.6 is 0 Å². The van der Waals surface area contributed by atoms with Gasteiger partial charge in [0.05, 0.1) is 0 Å². The first-order valence-corrected chi connectivity index (χ1v) is 6.03. The molecule has 88 valence electrons. The molecule has 0 amide bonds. The highest BCUT2D eigenvalue weighted by Crippen LogP contribution is 2.24. The molecule has 1 aromatic rings. The zero-order chi connectivity index (χ0) is 11.9. The summed E-state index contributed by atoms with van der Waals surface area (Å²) >= 11 is 0. The second kappa shape index (κ2) is 6.04. The summed E-state index contributed by atoms with van der Waals surface area (Å²) in [6.45, 7) is 2.23. The lowest BCUT2D eigenvalue weighted by atomic mass is 9.93. The molecule has 0 saturated carbocycles. The third kappa shape index (κ3) is 3.31. The van der Waals surface area contributed by atoms with Crippen LogP contribution in [0.4, 0.5) is 0 Å². The fourth-order valence-corrected chi connectivity index (χ4v) is 1.95. The van der Waals surface area contributed by atoms with Gasteiger partial charge in [0.25, 0.3) is 0 Å². The van der Waals surface area contributed by atoms with E-state index in [2.05, 4.69) is 35.4 Å². The lowest BCUT2D eigenvalue weighted by Gasteiger charge is -2.15. The first kappa shape index (κ1) is 11.6. The smallest absolute Gasteiger partial charge is 0.0270 e. The molecule has 2 nitrogen and oxygen atoms in total. The molecular weight excluding hydrogens is 208 g/mol. The van der Waals surface area contributed by atoms with Crippen molar-refractivity contribution in [2.75, 3.05) is 0 Å². The third-order valence-electron chi connectivity index (χ3n) is 3.01. The molecule has 1 aromatic heterocycles. The Morgan fingerprint density at radius 3 is 2.59 bits per heavy atom. The molecule has 1 aliphatic rings. The minimum Gasteiger partial charge on any atom is -0.670 e. The lowest BCUT2D eigenvalue weighted by molar-refractivity contribution is 0.672. The van der Waals surface area contributed by atoms with E-state index in [-0.39, 0.29) is 0 Å². The van der Waals surface area contributed by atoms with Crippen LogP contribution in [-0.2, 0) is 0 Å². The van der Waals surface area contributed by atoms with Crippen molar-refractivity contribution in [3.8, 4) is 0 Å². The Bertz CT molecular complexity index is 415. The maximum atomic E-state index is 4.06. The summed E-state index contributed by atoms with van der Waals surface area (Å²) in [6.07, 6.45) is 16.0. The maximum Gasteiger partial charge on any atom is 0.0270 e. The molecule has 2 rings (SSSR count). The minimum absolute atomic E-state index is 0.575. The molecule has 1 atom stereocenters. The van der Waals surface area contributed by atoms with Crippen molar-refractivity contribution in [2.24, 2.45) is 0 Å². The summed E-state index contributed by atoms with van der Waals surface area (Å²) in [4.78, 5) is 4.06. The molecule has 0 N–H and O–H groups in total. The van der Waals surface area contributed by atoms with E-state index in [0.29, 0.717) is 5.92 Å². The van der Waals surface area contributed by atoms with Gasteiger partial charge in [0.2, 0.25) is 0 Å². The number of nitrogens with zero attached hydrogens (tertiary/aromatic N) is 2. The molecule has 0 radical (unpaired) electrons. The van der Waals surface area contributed by atoms with Crippen molar-refractivity contribution in [1.29, 1.82) is 0 Å². The van der Waals surface area contributed by atoms with Crippen LogP contribution in [0.5, 0.6) is 0 Å². The molecule has 2 heteroatoms. The molecule has 0 bridgehead atoms. The summed E-state index contributed by atoms with van der Waals surface area (Å²) < 4.78 is 0. The predicted molar refractivity (Wildman–Crippen MR) is 71.6 cm³/mol. The van der Waals surface area contributed by atoms with Gasteiger partial charge in [-0.2, -0.15) is 12.4 Å². The van der Waals surface area contributed by atoms with Gasteiger partial charge in [0.1, 0.15) is 0 Å². The van der Waals surface area contributed by atoms with Gasteiger partial charge in [0, 0.05) is 12.4 Å². The number of allylic oxidation sites excluding steroid dienone is 4. The van der Waals surface area contributed by atoms with Crippen LogP contribution in [0, 0.1) is 0 Å². The quantitative estimate of drug-likeness (QED) is 0.750. The van der Waals surface area contributed by atoms with Crippen LogP contribution in [0.1, 0.15) is 31.2 Å². The van der Waals surface area contributed by atoms with Crippen LogP contribution in [0.25, 0.3) is 5.32 Å². The molecule has 2 heterocycles. The summed E-state index contributed by atoms with van der Waals surface area (Å²) in [5.41, 5.74) is 2.61. The Balaban J connectivity index is 2.03. The van der Waals surface area contributed by atoms with E-state index in [1.165, 1.54) is 11.1 Å². The highest BCUT2D eigenvalue weighted by molar-refractivity contribution is 5.39. The Hall–Kier alpha value is -1.83. The average Bonchev–Trinajstić information content (AvgIpc) is 2.42. The number of hydrogen-bond donors (Lipinski definition) is 0. The van der Waals surface area contributed by atoms with Gasteiger partial charge in [0.15, 0.2) is 0 Å². The minimum atomic E-state index is 0.575. The largest absolute Gasteiger partial charge is 0.670 e. The molecule has 0 aliphatic carbocycles. The third-order valence-corrected chi connectivity index (χ3v) is 3.01. The van der Waals surface area contributed by atoms with Crippen molar-refractivity contribution in [1.82, 2.24) is 4.98 Å². The molecule has 0 spiro atoms. The predicted octanol–water partition coefficient (Wildman–Crippen LogP) is 4.31. The average molecular weight is 225 g/mol. The summed E-state index contributed by atoms with van der Waals surface area (Å²) in [5, 5.41) is 4.02. The molecule has 1 unspecified atom stereocenters. The van der Waals surface area contributed by atoms with Gasteiger partial charge < -0.3 is 5.32 Å². The SMILES string of the molecule is CCC(CC=C1C=C[N-]C=C1)c1ccncc1. The van der Waals surface area contributed by atoms with Gasteiger partial charge in [-0.25, -0.2) is 0 Å². The highest BCUT2D eigenvalue weighted by Gasteiger charge is 2.07. The molecule has 0 aromatic carbocycles. The number of rotatable bonds is 4. The van der Waals surface area contributed by atoms with E-state index < -0.39 is 0 Å². The summed E-state index contributed by atoms with van der Waals surface area (Å²) in [6, 6.07) is 4.21. The van der Waals surface area contributed by atoms with Crippen LogP contribution in [-0.4, -0.2) is 4.98 Å². The second-order valence-electron chi connectivity index (χ2n) is 4.11.